The maximum Gasteiger partial charge on any atom is 0.338 e. The minimum atomic E-state index is -0.391. The minimum Gasteiger partial charge on any atom is -0.462 e. The van der Waals surface area contributed by atoms with Crippen LogP contribution in [0, 0.1) is 0 Å². The second-order valence-corrected chi connectivity index (χ2v) is 7.42. The number of nitrogens with zero attached hydrogens (tertiary/aromatic N) is 1. The highest BCUT2D eigenvalue weighted by Crippen LogP contribution is 2.33. The van der Waals surface area contributed by atoms with E-state index in [0.29, 0.717) is 24.5 Å². The van der Waals surface area contributed by atoms with Crippen LogP contribution in [0.2, 0.25) is 0 Å². The van der Waals surface area contributed by atoms with Crippen LogP contribution in [-0.4, -0.2) is 17.6 Å². The van der Waals surface area contributed by atoms with E-state index in [4.69, 9.17) is 14.1 Å². The van der Waals surface area contributed by atoms with Gasteiger partial charge in [0.1, 0.15) is 5.69 Å². The molecule has 0 atom stereocenters. The number of oxazole rings is 1. The van der Waals surface area contributed by atoms with Crippen molar-refractivity contribution in [2.75, 3.05) is 6.61 Å². The molecule has 32 heavy (non-hydrogen) atoms. The smallest absolute Gasteiger partial charge is 0.338 e. The van der Waals surface area contributed by atoms with E-state index < -0.39 is 5.97 Å². The van der Waals surface area contributed by atoms with Crippen LogP contribution in [0.4, 0.5) is 0 Å². The second-order valence-electron chi connectivity index (χ2n) is 7.42. The van der Waals surface area contributed by atoms with Gasteiger partial charge in [-0.2, -0.15) is 0 Å². The Morgan fingerprint density at radius 1 is 0.906 bits per heavy atom. The molecule has 0 aliphatic heterocycles. The highest BCUT2D eigenvalue weighted by atomic mass is 16.5. The summed E-state index contributed by atoms with van der Waals surface area (Å²) in [6, 6.07) is 27.9. The molecule has 3 aromatic carbocycles. The maximum atomic E-state index is 12.0. The highest BCUT2D eigenvalue weighted by Gasteiger charge is 2.17. The monoisotopic (exact) mass is 423 g/mol. The summed E-state index contributed by atoms with van der Waals surface area (Å²) in [5, 5.41) is 0. The lowest BCUT2D eigenvalue weighted by molar-refractivity contribution is -0.136. The van der Waals surface area contributed by atoms with Crippen molar-refractivity contribution in [2.24, 2.45) is 0 Å². The number of aryl methyl sites for hydroxylation is 2. The van der Waals surface area contributed by atoms with Crippen molar-refractivity contribution in [3.05, 3.63) is 109 Å². The molecule has 1 heterocycles. The van der Waals surface area contributed by atoms with Crippen molar-refractivity contribution in [3.8, 4) is 22.6 Å². The zero-order chi connectivity index (χ0) is 22.3. The van der Waals surface area contributed by atoms with Gasteiger partial charge in [0, 0.05) is 17.5 Å². The van der Waals surface area contributed by atoms with E-state index in [-0.39, 0.29) is 0 Å². The predicted molar refractivity (Wildman–Crippen MR) is 127 cm³/mol. The molecule has 0 aliphatic rings. The van der Waals surface area contributed by atoms with Gasteiger partial charge in [-0.05, 0) is 24.5 Å². The van der Waals surface area contributed by atoms with Gasteiger partial charge in [-0.25, -0.2) is 9.78 Å². The van der Waals surface area contributed by atoms with Gasteiger partial charge in [-0.1, -0.05) is 91.5 Å². The normalized spacial score (nSPS) is 10.7. The number of carbonyl (C=O) groups excluding carboxylic acids is 1. The molecule has 0 saturated carbocycles. The number of esters is 1. The van der Waals surface area contributed by atoms with Gasteiger partial charge in [-0.3, -0.25) is 0 Å². The quantitative estimate of drug-likeness (QED) is 0.244. The van der Waals surface area contributed by atoms with E-state index in [1.54, 1.807) is 6.92 Å². The first-order valence-electron chi connectivity index (χ1n) is 10.7. The van der Waals surface area contributed by atoms with Crippen LogP contribution in [0.15, 0.2) is 95.9 Å². The fraction of sp³-hybridized carbons (Fsp3) is 0.143. The molecule has 0 saturated heterocycles. The van der Waals surface area contributed by atoms with Crippen LogP contribution in [0.25, 0.3) is 28.2 Å². The van der Waals surface area contributed by atoms with Crippen LogP contribution in [0.5, 0.6) is 0 Å². The molecule has 0 unspecified atom stereocenters. The molecule has 4 nitrogen and oxygen atoms in total. The standard InChI is InChI=1S/C28H25NO3/c1-3-31-28(30)20(2)24-16-10-11-21(19-24)17-18-25-29-26(22-12-6-4-7-13-22)27(32-25)23-14-8-5-9-15-23/h4-16,19H,2-3,17-18H2,1H3. The van der Waals surface area contributed by atoms with Gasteiger partial charge in [0.05, 0.1) is 12.2 Å². The summed E-state index contributed by atoms with van der Waals surface area (Å²) >= 11 is 0. The number of hydrogen-bond acceptors (Lipinski definition) is 4. The molecule has 0 amide bonds. The van der Waals surface area contributed by atoms with Crippen molar-refractivity contribution in [2.45, 2.75) is 19.8 Å². The summed E-state index contributed by atoms with van der Waals surface area (Å²) in [7, 11) is 0. The van der Waals surface area contributed by atoms with Crippen LogP contribution in [0.3, 0.4) is 0 Å². The molecule has 0 aliphatic carbocycles. The number of ether oxygens (including phenoxy) is 1. The molecule has 0 N–H and O–H groups in total. The molecule has 160 valence electrons. The van der Waals surface area contributed by atoms with E-state index in [1.165, 1.54) is 0 Å². The summed E-state index contributed by atoms with van der Waals surface area (Å²) < 4.78 is 11.3. The number of aromatic nitrogens is 1. The van der Waals surface area contributed by atoms with Crippen molar-refractivity contribution in [1.82, 2.24) is 4.98 Å². The largest absolute Gasteiger partial charge is 0.462 e. The number of hydrogen-bond donors (Lipinski definition) is 0. The first-order valence-corrected chi connectivity index (χ1v) is 10.7. The molecular formula is C28H25NO3. The molecule has 0 radical (unpaired) electrons. The van der Waals surface area contributed by atoms with Crippen molar-refractivity contribution < 1.29 is 13.9 Å². The van der Waals surface area contributed by atoms with Gasteiger partial charge in [-0.15, -0.1) is 0 Å². The third kappa shape index (κ3) is 4.86. The first-order chi connectivity index (χ1) is 15.7. The zero-order valence-corrected chi connectivity index (χ0v) is 18.1. The van der Waals surface area contributed by atoms with Crippen LogP contribution >= 0.6 is 0 Å². The lowest BCUT2D eigenvalue weighted by Crippen LogP contribution is -2.06. The van der Waals surface area contributed by atoms with E-state index in [0.717, 1.165) is 40.1 Å². The van der Waals surface area contributed by atoms with Crippen molar-refractivity contribution in [1.29, 1.82) is 0 Å². The molecule has 0 spiro atoms. The van der Waals surface area contributed by atoms with Gasteiger partial charge in [0.25, 0.3) is 0 Å². The topological polar surface area (TPSA) is 52.3 Å². The molecule has 4 aromatic rings. The van der Waals surface area contributed by atoms with Gasteiger partial charge < -0.3 is 9.15 Å². The SMILES string of the molecule is C=C(C(=O)OCC)c1cccc(CCc2nc(-c3ccccc3)c(-c3ccccc3)o2)c1. The van der Waals surface area contributed by atoms with Gasteiger partial charge in [0.15, 0.2) is 11.7 Å². The van der Waals surface area contributed by atoms with E-state index >= 15 is 0 Å². The Kier molecular flexibility index (Phi) is 6.61. The molecule has 0 fully saturated rings. The number of benzene rings is 3. The minimum absolute atomic E-state index is 0.329. The average Bonchev–Trinajstić information content (AvgIpc) is 3.28. The van der Waals surface area contributed by atoms with Gasteiger partial charge in [0.2, 0.25) is 0 Å². The third-order valence-corrected chi connectivity index (χ3v) is 5.18. The second kappa shape index (κ2) is 9.92. The van der Waals surface area contributed by atoms with Crippen molar-refractivity contribution in [3.63, 3.8) is 0 Å². The predicted octanol–water partition coefficient (Wildman–Crippen LogP) is 6.37. The zero-order valence-electron chi connectivity index (χ0n) is 18.1. The van der Waals surface area contributed by atoms with Crippen LogP contribution in [-0.2, 0) is 22.4 Å². The number of rotatable bonds is 8. The summed E-state index contributed by atoms with van der Waals surface area (Å²) in [5.41, 5.74) is 5.07. The van der Waals surface area contributed by atoms with E-state index in [1.807, 2.05) is 84.9 Å². The Morgan fingerprint density at radius 3 is 2.28 bits per heavy atom. The Labute approximate surface area is 188 Å². The molecular weight excluding hydrogens is 398 g/mol. The average molecular weight is 424 g/mol. The lowest BCUT2D eigenvalue weighted by Gasteiger charge is -2.07. The maximum absolute atomic E-state index is 12.0. The van der Waals surface area contributed by atoms with Crippen LogP contribution in [0.1, 0.15) is 23.9 Å². The summed E-state index contributed by atoms with van der Waals surface area (Å²) in [4.78, 5) is 16.8. The molecule has 4 heteroatoms. The van der Waals surface area contributed by atoms with E-state index in [9.17, 15) is 4.79 Å². The van der Waals surface area contributed by atoms with E-state index in [2.05, 4.69) is 6.58 Å². The van der Waals surface area contributed by atoms with Crippen molar-refractivity contribution >= 4 is 11.5 Å². The summed E-state index contributed by atoms with van der Waals surface area (Å²) in [6.45, 7) is 5.99. The fourth-order valence-corrected chi connectivity index (χ4v) is 3.55. The van der Waals surface area contributed by atoms with Crippen LogP contribution < -0.4 is 0 Å². The summed E-state index contributed by atoms with van der Waals surface area (Å²) in [5.74, 6) is 1.06. The fourth-order valence-electron chi connectivity index (χ4n) is 3.55. The Hall–Kier alpha value is -3.92. The molecule has 4 rings (SSSR count). The first kappa shape index (κ1) is 21.3. The third-order valence-electron chi connectivity index (χ3n) is 5.18. The summed E-state index contributed by atoms with van der Waals surface area (Å²) in [6.07, 6.45) is 1.37. The lowest BCUT2D eigenvalue weighted by atomic mass is 10.0. The highest BCUT2D eigenvalue weighted by molar-refractivity contribution is 6.15. The van der Waals surface area contributed by atoms with Gasteiger partial charge >= 0.3 is 5.97 Å². The Bertz CT molecular complexity index is 1150. The Morgan fingerprint density at radius 2 is 1.59 bits per heavy atom. The number of carbonyl (C=O) groups is 1. The molecule has 0 bridgehead atoms. The Balaban J connectivity index is 1.57. The molecule has 1 aromatic heterocycles.